The Labute approximate surface area is 328 Å². The largest absolute Gasteiger partial charge is 0.455 e. The van der Waals surface area contributed by atoms with Gasteiger partial charge in [-0.1, -0.05) is 158 Å². The van der Waals surface area contributed by atoms with E-state index in [-0.39, 0.29) is 0 Å². The number of furan rings is 1. The maximum atomic E-state index is 6.48. The molecule has 2 nitrogen and oxygen atoms in total. The summed E-state index contributed by atoms with van der Waals surface area (Å²) < 4.78 is 6.48. The van der Waals surface area contributed by atoms with Gasteiger partial charge in [0.15, 0.2) is 0 Å². The number of nitrogens with zero attached hydrogens (tertiary/aromatic N) is 1. The van der Waals surface area contributed by atoms with Gasteiger partial charge in [0, 0.05) is 33.4 Å². The van der Waals surface area contributed by atoms with Gasteiger partial charge in [0.2, 0.25) is 0 Å². The van der Waals surface area contributed by atoms with Crippen molar-refractivity contribution in [3.8, 4) is 33.4 Å². The number of benzene rings is 7. The Kier molecular flexibility index (Phi) is 8.85. The van der Waals surface area contributed by atoms with E-state index < -0.39 is 0 Å². The van der Waals surface area contributed by atoms with Crippen molar-refractivity contribution in [2.24, 2.45) is 0 Å². The molecule has 0 N–H and O–H groups in total. The fourth-order valence-corrected chi connectivity index (χ4v) is 8.21. The summed E-state index contributed by atoms with van der Waals surface area (Å²) in [6.07, 6.45) is 18.1. The minimum absolute atomic E-state index is 0.906. The number of hydrogen-bond donors (Lipinski definition) is 0. The third kappa shape index (κ3) is 6.50. The van der Waals surface area contributed by atoms with Crippen LogP contribution in [-0.2, 0) is 0 Å². The number of rotatable bonds is 8. The van der Waals surface area contributed by atoms with E-state index in [1.165, 1.54) is 44.5 Å². The summed E-state index contributed by atoms with van der Waals surface area (Å²) in [5.74, 6) is 0. The van der Waals surface area contributed by atoms with Crippen LogP contribution in [0.1, 0.15) is 36.8 Å². The van der Waals surface area contributed by atoms with Crippen molar-refractivity contribution in [3.63, 3.8) is 0 Å². The average molecular weight is 720 g/mol. The molecule has 0 unspecified atom stereocenters. The van der Waals surface area contributed by atoms with E-state index in [1.807, 2.05) is 12.1 Å². The summed E-state index contributed by atoms with van der Waals surface area (Å²) in [5, 5.41) is 2.27. The summed E-state index contributed by atoms with van der Waals surface area (Å²) in [7, 11) is 0. The maximum Gasteiger partial charge on any atom is 0.143 e. The van der Waals surface area contributed by atoms with Crippen molar-refractivity contribution in [1.82, 2.24) is 0 Å². The van der Waals surface area contributed by atoms with Gasteiger partial charge < -0.3 is 9.32 Å². The van der Waals surface area contributed by atoms with Crippen molar-refractivity contribution in [2.45, 2.75) is 25.7 Å². The highest BCUT2D eigenvalue weighted by Gasteiger charge is 2.17. The van der Waals surface area contributed by atoms with Crippen LogP contribution in [0.2, 0.25) is 0 Å². The van der Waals surface area contributed by atoms with Gasteiger partial charge in [0.25, 0.3) is 0 Å². The second-order valence-corrected chi connectivity index (χ2v) is 14.7. The first-order valence-corrected chi connectivity index (χ1v) is 19.7. The molecule has 0 radical (unpaired) electrons. The van der Waals surface area contributed by atoms with E-state index in [4.69, 9.17) is 4.42 Å². The lowest BCUT2D eigenvalue weighted by atomic mass is 9.96. The molecule has 0 saturated carbocycles. The third-order valence-corrected chi connectivity index (χ3v) is 11.2. The molecule has 10 rings (SSSR count). The monoisotopic (exact) mass is 719 g/mol. The fraction of sp³-hybridized carbons (Fsp3) is 0.0741. The zero-order valence-corrected chi connectivity index (χ0v) is 31.2. The first kappa shape index (κ1) is 33.7. The van der Waals surface area contributed by atoms with Crippen LogP contribution in [0.25, 0.3) is 66.5 Å². The quantitative estimate of drug-likeness (QED) is 0.155. The van der Waals surface area contributed by atoms with Gasteiger partial charge in [-0.15, -0.1) is 0 Å². The van der Waals surface area contributed by atoms with Crippen molar-refractivity contribution < 1.29 is 4.42 Å². The van der Waals surface area contributed by atoms with E-state index in [9.17, 15) is 0 Å². The van der Waals surface area contributed by atoms with Crippen molar-refractivity contribution in [2.75, 3.05) is 4.90 Å². The van der Waals surface area contributed by atoms with Crippen LogP contribution in [0.5, 0.6) is 0 Å². The van der Waals surface area contributed by atoms with Gasteiger partial charge >= 0.3 is 0 Å². The minimum Gasteiger partial charge on any atom is -0.455 e. The summed E-state index contributed by atoms with van der Waals surface area (Å²) in [6.45, 7) is 0. The van der Waals surface area contributed by atoms with E-state index in [2.05, 4.69) is 193 Å². The second-order valence-electron chi connectivity index (χ2n) is 14.7. The minimum atomic E-state index is 0.906. The van der Waals surface area contributed by atoms with Gasteiger partial charge in [-0.05, 0) is 118 Å². The predicted octanol–water partition coefficient (Wildman–Crippen LogP) is 15.5. The van der Waals surface area contributed by atoms with Crippen molar-refractivity contribution >= 4 is 50.1 Å². The first-order chi connectivity index (χ1) is 27.7. The zero-order chi connectivity index (χ0) is 37.3. The Morgan fingerprint density at radius 1 is 0.375 bits per heavy atom. The van der Waals surface area contributed by atoms with Crippen molar-refractivity contribution in [1.29, 1.82) is 0 Å². The smallest absolute Gasteiger partial charge is 0.143 e. The fourth-order valence-electron chi connectivity index (χ4n) is 8.21. The Bertz CT molecular complexity index is 2690. The third-order valence-electron chi connectivity index (χ3n) is 11.2. The maximum absolute atomic E-state index is 6.48. The summed E-state index contributed by atoms with van der Waals surface area (Å²) >= 11 is 0. The SMILES string of the molecule is C1=CC(c2ccc(-c3ccc(N(c4ccc(-c5ccc(C6=CCCC=C6)cc5)cc4)c4cccc(-c5cccc6c5oc5ccccc56)c4)cc3)cc2)=CCC1. The van der Waals surface area contributed by atoms with E-state index in [0.717, 1.165) is 75.8 Å². The summed E-state index contributed by atoms with van der Waals surface area (Å²) in [5.41, 5.74) is 17.2. The molecule has 0 amide bonds. The molecule has 0 aliphatic heterocycles. The van der Waals surface area contributed by atoms with Gasteiger partial charge in [-0.2, -0.15) is 0 Å². The second kappa shape index (κ2) is 14.7. The van der Waals surface area contributed by atoms with Gasteiger partial charge in [0.1, 0.15) is 11.2 Å². The van der Waals surface area contributed by atoms with Gasteiger partial charge in [-0.25, -0.2) is 0 Å². The molecule has 1 aromatic heterocycles. The Morgan fingerprint density at radius 2 is 0.875 bits per heavy atom. The predicted molar refractivity (Wildman–Crippen MR) is 237 cm³/mol. The molecule has 2 heteroatoms. The molecule has 8 aromatic rings. The van der Waals surface area contributed by atoms with Crippen LogP contribution in [0.4, 0.5) is 17.1 Å². The molecule has 268 valence electrons. The zero-order valence-electron chi connectivity index (χ0n) is 31.2. The molecule has 2 aliphatic rings. The molecule has 56 heavy (non-hydrogen) atoms. The number of fused-ring (bicyclic) bond motifs is 3. The highest BCUT2D eigenvalue weighted by atomic mass is 16.3. The average Bonchev–Trinajstić information content (AvgIpc) is 3.67. The highest BCUT2D eigenvalue weighted by Crippen LogP contribution is 2.41. The van der Waals surface area contributed by atoms with E-state index in [1.54, 1.807) is 0 Å². The lowest BCUT2D eigenvalue weighted by Gasteiger charge is -2.26. The number of para-hydroxylation sites is 2. The molecule has 0 atom stereocenters. The van der Waals surface area contributed by atoms with Crippen molar-refractivity contribution in [3.05, 3.63) is 211 Å². The number of hydrogen-bond acceptors (Lipinski definition) is 2. The van der Waals surface area contributed by atoms with E-state index in [0.29, 0.717) is 0 Å². The molecule has 1 heterocycles. The lowest BCUT2D eigenvalue weighted by Crippen LogP contribution is -2.10. The Balaban J connectivity index is 1.01. The lowest BCUT2D eigenvalue weighted by molar-refractivity contribution is 0.670. The Morgan fingerprint density at radius 3 is 1.43 bits per heavy atom. The number of anilines is 3. The van der Waals surface area contributed by atoms with Gasteiger partial charge in [0.05, 0.1) is 0 Å². The van der Waals surface area contributed by atoms with Crippen LogP contribution in [0.15, 0.2) is 205 Å². The van der Waals surface area contributed by atoms with E-state index >= 15 is 0 Å². The molecule has 0 bridgehead atoms. The van der Waals surface area contributed by atoms with Crippen LogP contribution in [-0.4, -0.2) is 0 Å². The summed E-state index contributed by atoms with van der Waals surface area (Å²) in [4.78, 5) is 2.35. The van der Waals surface area contributed by atoms with Gasteiger partial charge in [-0.3, -0.25) is 0 Å². The first-order valence-electron chi connectivity index (χ1n) is 19.7. The summed E-state index contributed by atoms with van der Waals surface area (Å²) in [6, 6.07) is 59.4. The van der Waals surface area contributed by atoms with Crippen LogP contribution < -0.4 is 4.90 Å². The topological polar surface area (TPSA) is 16.4 Å². The Hall–Kier alpha value is -6.90. The van der Waals surface area contributed by atoms with Crippen LogP contribution in [0, 0.1) is 0 Å². The molecule has 0 saturated heterocycles. The van der Waals surface area contributed by atoms with Crippen LogP contribution in [0.3, 0.4) is 0 Å². The molecular formula is C54H41NO. The normalized spacial score (nSPS) is 13.9. The molecule has 7 aromatic carbocycles. The number of allylic oxidation sites excluding steroid dienone is 8. The highest BCUT2D eigenvalue weighted by molar-refractivity contribution is 6.09. The molecule has 0 spiro atoms. The molecular weight excluding hydrogens is 679 g/mol. The molecule has 0 fully saturated rings. The standard InChI is InChI=1S/C54H41NO/c1-3-11-38(12-4-1)40-21-25-42(26-22-40)44-29-33-47(34-30-44)55(48-35-31-45(32-36-48)43-27-23-41(24-28-43)39-13-5-2-6-14-39)49-16-9-15-46(37-49)50-18-10-19-52-51-17-7-8-20-53(51)56-54(50)52/h3,5,7-37H,1-2,4,6H2. The molecule has 2 aliphatic carbocycles. The van der Waals surface area contributed by atoms with Crippen LogP contribution >= 0.6 is 0 Å².